The molecular formula is C43H30N2. The van der Waals surface area contributed by atoms with Crippen molar-refractivity contribution in [2.45, 2.75) is 19.3 Å². The summed E-state index contributed by atoms with van der Waals surface area (Å²) in [5.41, 5.74) is 12.8. The Morgan fingerprint density at radius 1 is 0.444 bits per heavy atom. The SMILES string of the molecule is CC1(C)c2ccccc2-c2c1c1c3ccccc3n(-c3ccc4c(c3)c3ccccc3n4-c3ccccc3)c1c1ccccc21. The third kappa shape index (κ3) is 3.13. The van der Waals surface area contributed by atoms with E-state index < -0.39 is 0 Å². The van der Waals surface area contributed by atoms with Crippen LogP contribution < -0.4 is 0 Å². The van der Waals surface area contributed by atoms with E-state index in [4.69, 9.17) is 0 Å². The second-order valence-corrected chi connectivity index (χ2v) is 12.9. The topological polar surface area (TPSA) is 9.86 Å². The lowest BCUT2D eigenvalue weighted by Crippen LogP contribution is -2.15. The van der Waals surface area contributed by atoms with Crippen LogP contribution in [0.1, 0.15) is 25.0 Å². The third-order valence-corrected chi connectivity index (χ3v) is 10.2. The largest absolute Gasteiger partial charge is 0.309 e. The molecule has 45 heavy (non-hydrogen) atoms. The van der Waals surface area contributed by atoms with E-state index in [-0.39, 0.29) is 5.41 Å². The van der Waals surface area contributed by atoms with Crippen molar-refractivity contribution in [1.82, 2.24) is 9.13 Å². The van der Waals surface area contributed by atoms with Gasteiger partial charge < -0.3 is 9.13 Å². The zero-order chi connectivity index (χ0) is 29.9. The van der Waals surface area contributed by atoms with E-state index in [2.05, 4.69) is 169 Å². The molecule has 0 radical (unpaired) electrons. The van der Waals surface area contributed by atoms with Crippen LogP contribution in [-0.4, -0.2) is 9.13 Å². The quantitative estimate of drug-likeness (QED) is 0.194. The third-order valence-electron chi connectivity index (χ3n) is 10.2. The van der Waals surface area contributed by atoms with E-state index in [1.54, 1.807) is 0 Å². The van der Waals surface area contributed by atoms with Gasteiger partial charge in [-0.15, -0.1) is 0 Å². The summed E-state index contributed by atoms with van der Waals surface area (Å²) in [6, 6.07) is 53.6. The summed E-state index contributed by atoms with van der Waals surface area (Å²) in [5, 5.41) is 7.82. The van der Waals surface area contributed by atoms with Gasteiger partial charge >= 0.3 is 0 Å². The summed E-state index contributed by atoms with van der Waals surface area (Å²) in [5.74, 6) is 0. The molecule has 1 aliphatic rings. The lowest BCUT2D eigenvalue weighted by atomic mass is 9.79. The predicted octanol–water partition coefficient (Wildman–Crippen LogP) is 11.3. The number of para-hydroxylation sites is 3. The Labute approximate surface area is 261 Å². The van der Waals surface area contributed by atoms with Gasteiger partial charge in [-0.05, 0) is 70.1 Å². The van der Waals surface area contributed by atoms with Crippen LogP contribution in [0.2, 0.25) is 0 Å². The normalized spacial score (nSPS) is 13.7. The molecule has 0 spiro atoms. The van der Waals surface area contributed by atoms with Crippen LogP contribution in [0.3, 0.4) is 0 Å². The first-order chi connectivity index (χ1) is 22.1. The fraction of sp³-hybridized carbons (Fsp3) is 0.0698. The smallest absolute Gasteiger partial charge is 0.0623 e. The summed E-state index contributed by atoms with van der Waals surface area (Å²) in [7, 11) is 0. The van der Waals surface area contributed by atoms with Crippen molar-refractivity contribution in [2.75, 3.05) is 0 Å². The minimum absolute atomic E-state index is 0.129. The Bertz CT molecular complexity index is 2670. The van der Waals surface area contributed by atoms with Crippen molar-refractivity contribution in [2.24, 2.45) is 0 Å². The molecule has 0 saturated heterocycles. The van der Waals surface area contributed by atoms with Gasteiger partial charge in [0.2, 0.25) is 0 Å². The molecule has 9 aromatic rings. The molecule has 0 amide bonds. The first-order valence-corrected chi connectivity index (χ1v) is 15.8. The summed E-state index contributed by atoms with van der Waals surface area (Å²) < 4.78 is 4.92. The van der Waals surface area contributed by atoms with Crippen molar-refractivity contribution >= 4 is 54.4 Å². The first-order valence-electron chi connectivity index (χ1n) is 15.8. The maximum absolute atomic E-state index is 2.53. The fourth-order valence-electron chi connectivity index (χ4n) is 8.42. The zero-order valence-electron chi connectivity index (χ0n) is 25.3. The number of aromatic nitrogens is 2. The van der Waals surface area contributed by atoms with Crippen molar-refractivity contribution < 1.29 is 0 Å². The average molecular weight is 575 g/mol. The predicted molar refractivity (Wildman–Crippen MR) is 190 cm³/mol. The lowest BCUT2D eigenvalue weighted by molar-refractivity contribution is 0.667. The van der Waals surface area contributed by atoms with Crippen LogP contribution in [0.5, 0.6) is 0 Å². The monoisotopic (exact) mass is 574 g/mol. The highest BCUT2D eigenvalue weighted by atomic mass is 15.0. The Balaban J connectivity index is 1.38. The molecule has 0 fully saturated rings. The van der Waals surface area contributed by atoms with E-state index in [0.29, 0.717) is 0 Å². The van der Waals surface area contributed by atoms with Crippen molar-refractivity contribution in [1.29, 1.82) is 0 Å². The summed E-state index contributed by atoms with van der Waals surface area (Å²) in [6.07, 6.45) is 0. The van der Waals surface area contributed by atoms with Crippen LogP contribution in [-0.2, 0) is 5.41 Å². The van der Waals surface area contributed by atoms with E-state index in [1.165, 1.54) is 88.0 Å². The number of benzene rings is 7. The number of hydrogen-bond donors (Lipinski definition) is 0. The molecular weight excluding hydrogens is 544 g/mol. The second kappa shape index (κ2) is 8.74. The van der Waals surface area contributed by atoms with Crippen LogP contribution in [0.15, 0.2) is 146 Å². The van der Waals surface area contributed by atoms with Crippen LogP contribution in [0, 0.1) is 0 Å². The standard InChI is InChI=1S/C43H30N2/c1-43(2)35-21-11-8-19-32(35)39-30-17-6-7-18-31(30)42-40(41(39)43)33-20-10-13-23-37(33)45(42)28-24-25-38-34(26-28)29-16-9-12-22-36(29)44(38)27-14-4-3-5-15-27/h3-26H,1-2H3. The van der Waals surface area contributed by atoms with E-state index in [9.17, 15) is 0 Å². The van der Waals surface area contributed by atoms with Gasteiger partial charge in [-0.2, -0.15) is 0 Å². The zero-order valence-corrected chi connectivity index (χ0v) is 25.3. The van der Waals surface area contributed by atoms with Gasteiger partial charge in [-0.25, -0.2) is 0 Å². The molecule has 7 aromatic carbocycles. The fourth-order valence-corrected chi connectivity index (χ4v) is 8.42. The summed E-state index contributed by atoms with van der Waals surface area (Å²) in [6.45, 7) is 4.81. The Morgan fingerprint density at radius 3 is 1.84 bits per heavy atom. The number of rotatable bonds is 2. The highest BCUT2D eigenvalue weighted by Gasteiger charge is 2.39. The molecule has 0 atom stereocenters. The van der Waals surface area contributed by atoms with Crippen LogP contribution in [0.25, 0.3) is 76.9 Å². The molecule has 0 saturated carbocycles. The first kappa shape index (κ1) is 24.8. The Hall–Kier alpha value is -5.60. The second-order valence-electron chi connectivity index (χ2n) is 12.9. The number of nitrogens with zero attached hydrogens (tertiary/aromatic N) is 2. The highest BCUT2D eigenvalue weighted by Crippen LogP contribution is 2.56. The number of hydrogen-bond acceptors (Lipinski definition) is 0. The van der Waals surface area contributed by atoms with E-state index >= 15 is 0 Å². The van der Waals surface area contributed by atoms with E-state index in [1.807, 2.05) is 0 Å². The van der Waals surface area contributed by atoms with Gasteiger partial charge in [0.15, 0.2) is 0 Å². The molecule has 0 N–H and O–H groups in total. The summed E-state index contributed by atoms with van der Waals surface area (Å²) >= 11 is 0. The van der Waals surface area contributed by atoms with Gasteiger partial charge in [0.05, 0.1) is 22.1 Å². The van der Waals surface area contributed by atoms with Gasteiger partial charge in [0, 0.05) is 43.7 Å². The molecule has 212 valence electrons. The molecule has 0 unspecified atom stereocenters. The molecule has 2 nitrogen and oxygen atoms in total. The summed E-state index contributed by atoms with van der Waals surface area (Å²) in [4.78, 5) is 0. The van der Waals surface area contributed by atoms with Crippen LogP contribution >= 0.6 is 0 Å². The van der Waals surface area contributed by atoms with Gasteiger partial charge in [-0.3, -0.25) is 0 Å². The van der Waals surface area contributed by atoms with Crippen LogP contribution in [0.4, 0.5) is 0 Å². The molecule has 0 bridgehead atoms. The maximum atomic E-state index is 2.53. The van der Waals surface area contributed by atoms with Crippen molar-refractivity contribution in [3.05, 3.63) is 157 Å². The minimum Gasteiger partial charge on any atom is -0.309 e. The molecule has 2 heteroatoms. The van der Waals surface area contributed by atoms with Crippen molar-refractivity contribution in [3.63, 3.8) is 0 Å². The molecule has 10 rings (SSSR count). The molecule has 2 heterocycles. The van der Waals surface area contributed by atoms with E-state index in [0.717, 1.165) is 0 Å². The highest BCUT2D eigenvalue weighted by molar-refractivity contribution is 6.25. The Kier molecular flexibility index (Phi) is 4.82. The van der Waals surface area contributed by atoms with Gasteiger partial charge in [-0.1, -0.05) is 117 Å². The Morgan fingerprint density at radius 2 is 1.04 bits per heavy atom. The average Bonchev–Trinajstić information content (AvgIpc) is 3.69. The van der Waals surface area contributed by atoms with Gasteiger partial charge in [0.1, 0.15) is 0 Å². The molecule has 1 aliphatic carbocycles. The molecule has 0 aliphatic heterocycles. The number of fused-ring (bicyclic) bond motifs is 13. The molecule has 2 aromatic heterocycles. The minimum atomic E-state index is -0.129. The van der Waals surface area contributed by atoms with Gasteiger partial charge in [0.25, 0.3) is 0 Å². The maximum Gasteiger partial charge on any atom is 0.0623 e. The lowest BCUT2D eigenvalue weighted by Gasteiger charge is -2.23. The van der Waals surface area contributed by atoms with Crippen molar-refractivity contribution in [3.8, 4) is 22.5 Å².